The number of benzene rings is 2. The number of nitriles is 1. The molecule has 0 radical (unpaired) electrons. The van der Waals surface area contributed by atoms with Gasteiger partial charge >= 0.3 is 0 Å². The molecule has 0 spiro atoms. The number of ether oxygens (including phenoxy) is 2. The molecule has 4 rings (SSSR count). The SMILES string of the molecule is COCC(c1cc(F)cc(F)c1)n1c(COC(C)C)nc(O)c(S(=O)(=O)c2ccc(-c3cnccc3C#N)cc2)c1=O. The van der Waals surface area contributed by atoms with Crippen LogP contribution in [0, 0.1) is 23.0 Å². The highest BCUT2D eigenvalue weighted by Gasteiger charge is 2.32. The number of methoxy groups -OCH3 is 1. The molecule has 2 heterocycles. The van der Waals surface area contributed by atoms with Gasteiger partial charge in [-0.1, -0.05) is 12.1 Å². The van der Waals surface area contributed by atoms with E-state index in [2.05, 4.69) is 9.97 Å². The summed E-state index contributed by atoms with van der Waals surface area (Å²) >= 11 is 0. The second kappa shape index (κ2) is 12.6. The van der Waals surface area contributed by atoms with Crippen LogP contribution in [0.1, 0.15) is 36.8 Å². The van der Waals surface area contributed by atoms with Gasteiger partial charge in [-0.3, -0.25) is 14.3 Å². The summed E-state index contributed by atoms with van der Waals surface area (Å²) in [5.41, 5.74) is 0.0530. The van der Waals surface area contributed by atoms with Crippen LogP contribution in [0.4, 0.5) is 8.78 Å². The third kappa shape index (κ3) is 6.20. The zero-order valence-corrected chi connectivity index (χ0v) is 23.6. The molecule has 0 saturated heterocycles. The number of aromatic hydroxyl groups is 1. The van der Waals surface area contributed by atoms with Crippen molar-refractivity contribution < 1.29 is 31.8 Å². The van der Waals surface area contributed by atoms with Crippen LogP contribution in [0.15, 0.2) is 75.5 Å². The molecule has 0 aliphatic rings. The Hall–Kier alpha value is -4.51. The lowest BCUT2D eigenvalue weighted by Crippen LogP contribution is -2.35. The van der Waals surface area contributed by atoms with Crippen LogP contribution in [-0.2, 0) is 25.9 Å². The molecular formula is C29H26F2N4O6S. The minimum atomic E-state index is -4.69. The van der Waals surface area contributed by atoms with Crippen molar-refractivity contribution in [2.45, 2.75) is 42.4 Å². The molecule has 218 valence electrons. The second-order valence-electron chi connectivity index (χ2n) is 9.45. The molecule has 4 aromatic rings. The van der Waals surface area contributed by atoms with Crippen molar-refractivity contribution in [3.63, 3.8) is 0 Å². The normalized spacial score (nSPS) is 12.3. The second-order valence-corrected chi connectivity index (χ2v) is 11.3. The van der Waals surface area contributed by atoms with Gasteiger partial charge in [0.25, 0.3) is 5.56 Å². The Morgan fingerprint density at radius 2 is 1.76 bits per heavy atom. The summed E-state index contributed by atoms with van der Waals surface area (Å²) < 4.78 is 67.6. The molecular weight excluding hydrogens is 570 g/mol. The molecule has 42 heavy (non-hydrogen) atoms. The van der Waals surface area contributed by atoms with E-state index >= 15 is 0 Å². The van der Waals surface area contributed by atoms with Gasteiger partial charge in [0.1, 0.15) is 24.1 Å². The van der Waals surface area contributed by atoms with E-state index in [1.807, 2.05) is 6.07 Å². The maximum Gasteiger partial charge on any atom is 0.277 e. The van der Waals surface area contributed by atoms with Crippen molar-refractivity contribution in [3.05, 3.63) is 99.9 Å². The number of pyridine rings is 1. The van der Waals surface area contributed by atoms with Crippen molar-refractivity contribution >= 4 is 9.84 Å². The van der Waals surface area contributed by atoms with Crippen LogP contribution < -0.4 is 5.56 Å². The molecule has 10 nitrogen and oxygen atoms in total. The summed E-state index contributed by atoms with van der Waals surface area (Å²) in [5.74, 6) is -3.10. The predicted octanol–water partition coefficient (Wildman–Crippen LogP) is 4.15. The van der Waals surface area contributed by atoms with Crippen molar-refractivity contribution in [3.8, 4) is 23.1 Å². The largest absolute Gasteiger partial charge is 0.492 e. The number of aromatic nitrogens is 3. The maximum atomic E-state index is 14.2. The number of halogens is 2. The molecule has 2 aromatic carbocycles. The van der Waals surface area contributed by atoms with E-state index in [-0.39, 0.29) is 35.6 Å². The molecule has 0 aliphatic carbocycles. The van der Waals surface area contributed by atoms with E-state index in [1.54, 1.807) is 13.8 Å². The first-order chi connectivity index (χ1) is 20.0. The zero-order chi connectivity index (χ0) is 30.6. The Morgan fingerprint density at radius 1 is 1.10 bits per heavy atom. The number of rotatable bonds is 10. The van der Waals surface area contributed by atoms with Crippen molar-refractivity contribution in [2.24, 2.45) is 0 Å². The fourth-order valence-corrected chi connectivity index (χ4v) is 5.69. The Morgan fingerprint density at radius 3 is 2.36 bits per heavy atom. The van der Waals surface area contributed by atoms with Gasteiger partial charge in [0.15, 0.2) is 4.90 Å². The molecule has 13 heteroatoms. The average Bonchev–Trinajstić information content (AvgIpc) is 2.94. The average molecular weight is 597 g/mol. The first-order valence-corrected chi connectivity index (χ1v) is 14.1. The summed E-state index contributed by atoms with van der Waals surface area (Å²) in [6, 6.07) is 10.2. The monoisotopic (exact) mass is 596 g/mol. The Balaban J connectivity index is 1.91. The van der Waals surface area contributed by atoms with E-state index in [0.717, 1.165) is 16.7 Å². The van der Waals surface area contributed by atoms with E-state index in [0.29, 0.717) is 22.8 Å². The molecule has 1 atom stereocenters. The standard InChI is InChI=1S/C29H26F2N4O6S/c1-17(2)41-16-26-34-28(36)27(29(37)35(26)25(15-40-3)20-10-21(30)12-22(31)11-20)42(38,39)23-6-4-18(5-7-23)24-14-33-9-8-19(24)13-32/h4-12,14,17,25,36H,15-16H2,1-3H3. The molecule has 0 amide bonds. The van der Waals surface area contributed by atoms with E-state index in [9.17, 15) is 32.4 Å². The van der Waals surface area contributed by atoms with Gasteiger partial charge in [-0.25, -0.2) is 17.2 Å². The lowest BCUT2D eigenvalue weighted by molar-refractivity contribution is 0.0557. The van der Waals surface area contributed by atoms with Gasteiger partial charge in [-0.2, -0.15) is 10.2 Å². The van der Waals surface area contributed by atoms with Crippen LogP contribution in [0.25, 0.3) is 11.1 Å². The fourth-order valence-electron chi connectivity index (χ4n) is 4.35. The van der Waals surface area contributed by atoms with Crippen molar-refractivity contribution in [1.29, 1.82) is 5.26 Å². The van der Waals surface area contributed by atoms with Gasteiger partial charge < -0.3 is 14.6 Å². The zero-order valence-electron chi connectivity index (χ0n) is 22.8. The molecule has 0 bridgehead atoms. The topological polar surface area (TPSA) is 144 Å². The lowest BCUT2D eigenvalue weighted by atomic mass is 10.0. The van der Waals surface area contributed by atoms with Crippen LogP contribution in [0.2, 0.25) is 0 Å². The smallest absolute Gasteiger partial charge is 0.277 e. The first kappa shape index (κ1) is 30.4. The summed E-state index contributed by atoms with van der Waals surface area (Å²) in [6.45, 7) is 2.79. The maximum absolute atomic E-state index is 14.2. The Bertz CT molecular complexity index is 1800. The van der Waals surface area contributed by atoms with Gasteiger partial charge in [0, 0.05) is 31.1 Å². The summed E-state index contributed by atoms with van der Waals surface area (Å²) in [6.07, 6.45) is 2.57. The molecule has 0 aliphatic heterocycles. The minimum Gasteiger partial charge on any atom is -0.492 e. The van der Waals surface area contributed by atoms with Crippen molar-refractivity contribution in [2.75, 3.05) is 13.7 Å². The van der Waals surface area contributed by atoms with Gasteiger partial charge in [0.2, 0.25) is 15.7 Å². The van der Waals surface area contributed by atoms with Crippen LogP contribution in [0.5, 0.6) is 5.88 Å². The van der Waals surface area contributed by atoms with Gasteiger partial charge in [0.05, 0.1) is 35.3 Å². The Kier molecular flexibility index (Phi) is 9.11. The summed E-state index contributed by atoms with van der Waals surface area (Å²) in [7, 11) is -3.39. The number of hydrogen-bond donors (Lipinski definition) is 1. The van der Waals surface area contributed by atoms with Gasteiger partial charge in [-0.15, -0.1) is 0 Å². The third-order valence-electron chi connectivity index (χ3n) is 6.27. The predicted molar refractivity (Wildman–Crippen MR) is 146 cm³/mol. The van der Waals surface area contributed by atoms with Crippen LogP contribution in [0.3, 0.4) is 0 Å². The van der Waals surface area contributed by atoms with Gasteiger partial charge in [-0.05, 0) is 55.3 Å². The number of nitrogens with zero attached hydrogens (tertiary/aromatic N) is 4. The number of hydrogen-bond acceptors (Lipinski definition) is 9. The highest BCUT2D eigenvalue weighted by atomic mass is 32.2. The highest BCUT2D eigenvalue weighted by molar-refractivity contribution is 7.91. The molecule has 2 aromatic heterocycles. The van der Waals surface area contributed by atoms with E-state index in [4.69, 9.17) is 9.47 Å². The van der Waals surface area contributed by atoms with Crippen LogP contribution >= 0.6 is 0 Å². The van der Waals surface area contributed by atoms with E-state index < -0.39 is 43.8 Å². The highest BCUT2D eigenvalue weighted by Crippen LogP contribution is 2.30. The van der Waals surface area contributed by atoms with Crippen LogP contribution in [-0.4, -0.2) is 47.9 Å². The quantitative estimate of drug-likeness (QED) is 0.285. The summed E-state index contributed by atoms with van der Waals surface area (Å²) in [5, 5.41) is 20.2. The fraction of sp³-hybridized carbons (Fsp3) is 0.241. The summed E-state index contributed by atoms with van der Waals surface area (Å²) in [4.78, 5) is 20.5. The number of sulfone groups is 1. The molecule has 1 unspecified atom stereocenters. The third-order valence-corrected chi connectivity index (χ3v) is 8.05. The molecule has 0 saturated carbocycles. The molecule has 0 fully saturated rings. The lowest BCUT2D eigenvalue weighted by Gasteiger charge is -2.24. The first-order valence-electron chi connectivity index (χ1n) is 12.6. The minimum absolute atomic E-state index is 0.0350. The molecule has 1 N–H and O–H groups in total. The van der Waals surface area contributed by atoms with Crippen molar-refractivity contribution in [1.82, 2.24) is 14.5 Å². The Labute approximate surface area is 240 Å². The van der Waals surface area contributed by atoms with E-state index in [1.165, 1.54) is 49.8 Å².